The summed E-state index contributed by atoms with van der Waals surface area (Å²) in [5, 5.41) is 7.37. The van der Waals surface area contributed by atoms with E-state index in [2.05, 4.69) is 10.2 Å². The molecule has 0 spiro atoms. The molecule has 2 aliphatic rings. The van der Waals surface area contributed by atoms with Crippen molar-refractivity contribution < 1.29 is 8.78 Å². The molecule has 5 heteroatoms. The monoisotopic (exact) mass is 173 g/mol. The molecule has 1 heterocycles. The lowest BCUT2D eigenvalue weighted by Gasteiger charge is -2.36. The fourth-order valence-electron chi connectivity index (χ4n) is 1.55. The summed E-state index contributed by atoms with van der Waals surface area (Å²) in [6, 6.07) is -0.204. The Balaban J connectivity index is 1.94. The van der Waals surface area contributed by atoms with Gasteiger partial charge in [-0.25, -0.2) is 8.78 Å². The number of halogens is 2. The Morgan fingerprint density at radius 2 is 2.17 bits per heavy atom. The first-order chi connectivity index (χ1) is 5.57. The van der Waals surface area contributed by atoms with Gasteiger partial charge in [0, 0.05) is 12.8 Å². The first kappa shape index (κ1) is 7.64. The lowest BCUT2D eigenvalue weighted by atomic mass is 9.77. The molecule has 0 aromatic heterocycles. The maximum absolute atomic E-state index is 12.4. The predicted molar refractivity (Wildman–Crippen MR) is 38.6 cm³/mol. The van der Waals surface area contributed by atoms with Crippen molar-refractivity contribution in [2.45, 2.75) is 24.8 Å². The second-order valence-electron chi connectivity index (χ2n) is 3.32. The lowest BCUT2D eigenvalue weighted by molar-refractivity contribution is -0.112. The average Bonchev–Trinajstić information content (AvgIpc) is 2.30. The highest BCUT2D eigenvalue weighted by Gasteiger charge is 2.48. The van der Waals surface area contributed by atoms with E-state index >= 15 is 0 Å². The van der Waals surface area contributed by atoms with E-state index in [9.17, 15) is 8.78 Å². The summed E-state index contributed by atoms with van der Waals surface area (Å²) in [7, 11) is 0. The third-order valence-corrected chi connectivity index (χ3v) is 2.25. The second kappa shape index (κ2) is 2.24. The molecule has 12 heavy (non-hydrogen) atoms. The van der Waals surface area contributed by atoms with Crippen molar-refractivity contribution >= 4 is 0 Å². The van der Waals surface area contributed by atoms with Crippen LogP contribution in [0.5, 0.6) is 0 Å². The molecule has 2 rings (SSSR count). The van der Waals surface area contributed by atoms with Gasteiger partial charge in [-0.3, -0.25) is 0 Å². The molecule has 0 radical (unpaired) electrons. The summed E-state index contributed by atoms with van der Waals surface area (Å²) in [6.45, 7) is 0. The third kappa shape index (κ3) is 1.19. The molecule has 66 valence electrons. The zero-order chi connectivity index (χ0) is 8.77. The molecule has 1 saturated carbocycles. The highest BCUT2D eigenvalue weighted by Crippen LogP contribution is 2.45. The molecule has 1 atom stereocenters. The normalized spacial score (nSPS) is 33.2. The molecule has 0 saturated heterocycles. The molecule has 1 aliphatic heterocycles. The minimum atomic E-state index is -2.48. The molecule has 0 aromatic carbocycles. The van der Waals surface area contributed by atoms with Crippen molar-refractivity contribution in [3.05, 3.63) is 11.9 Å². The Morgan fingerprint density at radius 3 is 2.58 bits per heavy atom. The number of nitrogens with two attached hydrogens (primary N) is 1. The topological polar surface area (TPSA) is 50.7 Å². The van der Waals surface area contributed by atoms with Crippen LogP contribution >= 0.6 is 0 Å². The SMILES string of the molecule is NC1=C[C@H](C2CC(F)(F)C2)N=N1. The van der Waals surface area contributed by atoms with E-state index in [-0.39, 0.29) is 24.8 Å². The van der Waals surface area contributed by atoms with E-state index in [1.807, 2.05) is 0 Å². The Kier molecular flexibility index (Phi) is 1.43. The minimum Gasteiger partial charge on any atom is -0.382 e. The van der Waals surface area contributed by atoms with Gasteiger partial charge in [-0.05, 0) is 12.0 Å². The van der Waals surface area contributed by atoms with Crippen molar-refractivity contribution in [2.75, 3.05) is 0 Å². The van der Waals surface area contributed by atoms with Crippen LogP contribution in [0.2, 0.25) is 0 Å². The van der Waals surface area contributed by atoms with Crippen LogP contribution in [-0.2, 0) is 0 Å². The van der Waals surface area contributed by atoms with E-state index in [0.717, 1.165) is 0 Å². The van der Waals surface area contributed by atoms with Crippen molar-refractivity contribution in [3.8, 4) is 0 Å². The van der Waals surface area contributed by atoms with Gasteiger partial charge in [0.2, 0.25) is 5.92 Å². The van der Waals surface area contributed by atoms with Crippen LogP contribution in [0, 0.1) is 5.92 Å². The Morgan fingerprint density at radius 1 is 1.50 bits per heavy atom. The fraction of sp³-hybridized carbons (Fsp3) is 0.714. The lowest BCUT2D eigenvalue weighted by Crippen LogP contribution is -2.40. The summed E-state index contributed by atoms with van der Waals surface area (Å²) in [6.07, 6.45) is 1.47. The van der Waals surface area contributed by atoms with Crippen molar-refractivity contribution in [3.63, 3.8) is 0 Å². The largest absolute Gasteiger partial charge is 0.382 e. The summed E-state index contributed by atoms with van der Waals surface area (Å²) in [5.74, 6) is -2.20. The minimum absolute atomic E-state index is 0.0650. The van der Waals surface area contributed by atoms with E-state index in [1.54, 1.807) is 6.08 Å². The molecule has 0 amide bonds. The first-order valence-electron chi connectivity index (χ1n) is 3.83. The van der Waals surface area contributed by atoms with Gasteiger partial charge in [-0.1, -0.05) is 0 Å². The molecule has 1 fully saturated rings. The summed E-state index contributed by atoms with van der Waals surface area (Å²) < 4.78 is 24.8. The Bertz CT molecular complexity index is 251. The first-order valence-corrected chi connectivity index (χ1v) is 3.83. The van der Waals surface area contributed by atoms with E-state index in [0.29, 0.717) is 5.82 Å². The number of azo groups is 1. The van der Waals surface area contributed by atoms with Gasteiger partial charge in [0.25, 0.3) is 0 Å². The van der Waals surface area contributed by atoms with Crippen LogP contribution in [0.25, 0.3) is 0 Å². The zero-order valence-corrected chi connectivity index (χ0v) is 6.37. The van der Waals surface area contributed by atoms with Crippen molar-refractivity contribution in [1.82, 2.24) is 0 Å². The van der Waals surface area contributed by atoms with Gasteiger partial charge in [0.1, 0.15) is 5.82 Å². The van der Waals surface area contributed by atoms with Crippen LogP contribution in [0.1, 0.15) is 12.8 Å². The maximum atomic E-state index is 12.4. The van der Waals surface area contributed by atoms with Gasteiger partial charge in [0.15, 0.2) is 0 Å². The van der Waals surface area contributed by atoms with Gasteiger partial charge in [-0.2, -0.15) is 5.11 Å². The second-order valence-corrected chi connectivity index (χ2v) is 3.32. The summed E-state index contributed by atoms with van der Waals surface area (Å²) >= 11 is 0. The molecule has 0 aromatic rings. The highest BCUT2D eigenvalue weighted by atomic mass is 19.3. The maximum Gasteiger partial charge on any atom is 0.248 e. The predicted octanol–water partition coefficient (Wildman–Crippen LogP) is 1.67. The summed E-state index contributed by atoms with van der Waals surface area (Å²) in [5.41, 5.74) is 5.32. The van der Waals surface area contributed by atoms with E-state index in [4.69, 9.17) is 5.73 Å². The quantitative estimate of drug-likeness (QED) is 0.644. The van der Waals surface area contributed by atoms with Crippen LogP contribution < -0.4 is 5.73 Å². The smallest absolute Gasteiger partial charge is 0.248 e. The molecule has 3 nitrogen and oxygen atoms in total. The van der Waals surface area contributed by atoms with Crippen LogP contribution in [0.3, 0.4) is 0 Å². The number of nitrogens with zero attached hydrogens (tertiary/aromatic N) is 2. The van der Waals surface area contributed by atoms with Gasteiger partial charge in [0.05, 0.1) is 6.04 Å². The molecule has 0 unspecified atom stereocenters. The number of rotatable bonds is 1. The van der Waals surface area contributed by atoms with Gasteiger partial charge < -0.3 is 5.73 Å². The fourth-order valence-corrected chi connectivity index (χ4v) is 1.55. The number of hydrogen-bond donors (Lipinski definition) is 1. The van der Waals surface area contributed by atoms with Gasteiger partial charge >= 0.3 is 0 Å². The standard InChI is InChI=1S/C7H9F2N3/c8-7(9)2-4(3-7)5-1-6(10)12-11-5/h1,4-5H,2-3,10H2/t5-/m1/s1. The highest BCUT2D eigenvalue weighted by molar-refractivity contribution is 5.10. The zero-order valence-electron chi connectivity index (χ0n) is 6.37. The average molecular weight is 173 g/mol. The van der Waals surface area contributed by atoms with Crippen LogP contribution in [0.4, 0.5) is 8.78 Å². The van der Waals surface area contributed by atoms with Crippen LogP contribution in [0.15, 0.2) is 22.1 Å². The van der Waals surface area contributed by atoms with Crippen LogP contribution in [-0.4, -0.2) is 12.0 Å². The number of hydrogen-bond acceptors (Lipinski definition) is 3. The molecular formula is C7H9F2N3. The molecule has 1 aliphatic carbocycles. The van der Waals surface area contributed by atoms with Crippen molar-refractivity contribution in [2.24, 2.45) is 21.9 Å². The molecular weight excluding hydrogens is 164 g/mol. The Labute approximate surface area is 68.3 Å². The van der Waals surface area contributed by atoms with E-state index in [1.165, 1.54) is 0 Å². The van der Waals surface area contributed by atoms with Crippen molar-refractivity contribution in [1.29, 1.82) is 0 Å². The Hall–Kier alpha value is -1.00. The molecule has 2 N–H and O–H groups in total. The van der Waals surface area contributed by atoms with Gasteiger partial charge in [-0.15, -0.1) is 5.11 Å². The third-order valence-electron chi connectivity index (χ3n) is 2.25. The molecule has 0 bridgehead atoms. The number of alkyl halides is 2. The summed E-state index contributed by atoms with van der Waals surface area (Å²) in [4.78, 5) is 0. The van der Waals surface area contributed by atoms with E-state index < -0.39 is 5.92 Å².